The molecule has 7 heteroatoms. The van der Waals surface area contributed by atoms with Crippen molar-refractivity contribution in [3.8, 4) is 0 Å². The Bertz CT molecular complexity index is 733. The summed E-state index contributed by atoms with van der Waals surface area (Å²) in [4.78, 5) is 20.6. The summed E-state index contributed by atoms with van der Waals surface area (Å²) in [6.45, 7) is 5.15. The highest BCUT2D eigenvalue weighted by Gasteiger charge is 2.34. The molecule has 0 atom stereocenters. The van der Waals surface area contributed by atoms with Crippen LogP contribution in [0.2, 0.25) is 0 Å². The Morgan fingerprint density at radius 1 is 1.04 bits per heavy atom. The fraction of sp³-hybridized carbons (Fsp3) is 0.444. The summed E-state index contributed by atoms with van der Waals surface area (Å²) in [5.41, 5.74) is 1.12. The highest BCUT2D eigenvalue weighted by atomic mass is 16.2. The van der Waals surface area contributed by atoms with Crippen LogP contribution >= 0.6 is 0 Å². The van der Waals surface area contributed by atoms with E-state index in [1.807, 2.05) is 42.3 Å². The van der Waals surface area contributed by atoms with Crippen molar-refractivity contribution in [1.29, 1.82) is 0 Å². The van der Waals surface area contributed by atoms with Gasteiger partial charge in [0.2, 0.25) is 5.91 Å². The van der Waals surface area contributed by atoms with E-state index in [9.17, 15) is 4.79 Å². The second-order valence-corrected chi connectivity index (χ2v) is 6.71. The zero-order valence-electron chi connectivity index (χ0n) is 14.4. The minimum atomic E-state index is 0.298. The first kappa shape index (κ1) is 15.8. The highest BCUT2D eigenvalue weighted by molar-refractivity contribution is 5.81. The van der Waals surface area contributed by atoms with Crippen LogP contribution < -0.4 is 10.2 Å². The molecular weight excluding hydrogens is 316 g/mol. The van der Waals surface area contributed by atoms with Gasteiger partial charge in [-0.2, -0.15) is 0 Å². The minimum absolute atomic E-state index is 0.298. The van der Waals surface area contributed by atoms with Crippen molar-refractivity contribution >= 4 is 23.4 Å². The summed E-state index contributed by atoms with van der Waals surface area (Å²) in [5, 5.41) is 11.7. The SMILES string of the molecule is Cc1ccc(Nc2ccc(N3CCN(C(=O)C4CC4)CC3)nn2)nc1. The molecule has 130 valence electrons. The molecule has 1 N–H and O–H groups in total. The van der Waals surface area contributed by atoms with E-state index in [4.69, 9.17) is 0 Å². The van der Waals surface area contributed by atoms with Crippen LogP contribution in [0.25, 0.3) is 0 Å². The van der Waals surface area contributed by atoms with E-state index in [2.05, 4.69) is 25.4 Å². The molecule has 2 aromatic heterocycles. The first-order valence-corrected chi connectivity index (χ1v) is 8.76. The Morgan fingerprint density at radius 2 is 1.80 bits per heavy atom. The van der Waals surface area contributed by atoms with Gasteiger partial charge in [0.1, 0.15) is 5.82 Å². The van der Waals surface area contributed by atoms with E-state index in [0.29, 0.717) is 17.6 Å². The maximum absolute atomic E-state index is 12.1. The average molecular weight is 338 g/mol. The van der Waals surface area contributed by atoms with Gasteiger partial charge >= 0.3 is 0 Å². The molecule has 0 unspecified atom stereocenters. The third kappa shape index (κ3) is 3.70. The van der Waals surface area contributed by atoms with Crippen molar-refractivity contribution < 1.29 is 4.79 Å². The number of rotatable bonds is 4. The van der Waals surface area contributed by atoms with Crippen molar-refractivity contribution in [1.82, 2.24) is 20.1 Å². The van der Waals surface area contributed by atoms with Gasteiger partial charge in [0.25, 0.3) is 0 Å². The van der Waals surface area contributed by atoms with Crippen LogP contribution in [0.5, 0.6) is 0 Å². The standard InChI is InChI=1S/C18H22N6O/c1-13-2-5-15(19-12-13)20-16-6-7-17(22-21-16)23-8-10-24(11-9-23)18(25)14-3-4-14/h2,5-7,12,14H,3-4,8-11H2,1H3,(H,19,20,21). The average Bonchev–Trinajstić information content (AvgIpc) is 3.49. The van der Waals surface area contributed by atoms with Crippen LogP contribution in [0.15, 0.2) is 30.5 Å². The number of aryl methyl sites for hydroxylation is 1. The van der Waals surface area contributed by atoms with Crippen molar-refractivity contribution in [3.05, 3.63) is 36.0 Å². The van der Waals surface area contributed by atoms with Gasteiger partial charge in [0, 0.05) is 38.3 Å². The minimum Gasteiger partial charge on any atom is -0.352 e. The number of aromatic nitrogens is 3. The fourth-order valence-electron chi connectivity index (χ4n) is 2.98. The topological polar surface area (TPSA) is 74.2 Å². The third-order valence-electron chi connectivity index (χ3n) is 4.66. The largest absolute Gasteiger partial charge is 0.352 e. The van der Waals surface area contributed by atoms with Gasteiger partial charge in [-0.15, -0.1) is 10.2 Å². The molecule has 1 saturated heterocycles. The van der Waals surface area contributed by atoms with Gasteiger partial charge in [0.15, 0.2) is 11.6 Å². The lowest BCUT2D eigenvalue weighted by atomic mass is 10.2. The number of nitrogens with one attached hydrogen (secondary N) is 1. The normalized spacial score (nSPS) is 17.5. The number of nitrogens with zero attached hydrogens (tertiary/aromatic N) is 5. The van der Waals surface area contributed by atoms with E-state index < -0.39 is 0 Å². The first-order chi connectivity index (χ1) is 12.2. The lowest BCUT2D eigenvalue weighted by molar-refractivity contribution is -0.132. The zero-order chi connectivity index (χ0) is 17.2. The van der Waals surface area contributed by atoms with Crippen molar-refractivity contribution in [2.45, 2.75) is 19.8 Å². The van der Waals surface area contributed by atoms with Crippen molar-refractivity contribution in [2.24, 2.45) is 5.92 Å². The molecule has 7 nitrogen and oxygen atoms in total. The smallest absolute Gasteiger partial charge is 0.225 e. The Hall–Kier alpha value is -2.70. The van der Waals surface area contributed by atoms with E-state index in [1.165, 1.54) is 0 Å². The summed E-state index contributed by atoms with van der Waals surface area (Å²) in [6.07, 6.45) is 3.94. The first-order valence-electron chi connectivity index (χ1n) is 8.76. The van der Waals surface area contributed by atoms with E-state index >= 15 is 0 Å². The molecule has 2 aromatic rings. The van der Waals surface area contributed by atoms with Crippen LogP contribution in [-0.2, 0) is 4.79 Å². The number of carbonyl (C=O) groups excluding carboxylic acids is 1. The lowest BCUT2D eigenvalue weighted by Crippen LogP contribution is -2.49. The van der Waals surface area contributed by atoms with E-state index in [0.717, 1.165) is 56.2 Å². The molecular formula is C18H22N6O. The maximum atomic E-state index is 12.1. The zero-order valence-corrected chi connectivity index (χ0v) is 14.4. The van der Waals surface area contributed by atoms with Crippen LogP contribution in [0, 0.1) is 12.8 Å². The molecule has 2 fully saturated rings. The quantitative estimate of drug-likeness (QED) is 0.919. The van der Waals surface area contributed by atoms with E-state index in [1.54, 1.807) is 0 Å². The lowest BCUT2D eigenvalue weighted by Gasteiger charge is -2.35. The number of anilines is 3. The molecule has 2 aliphatic rings. The second-order valence-electron chi connectivity index (χ2n) is 6.71. The number of carbonyl (C=O) groups is 1. The van der Waals surface area contributed by atoms with Crippen LogP contribution in [0.3, 0.4) is 0 Å². The van der Waals surface area contributed by atoms with Crippen LogP contribution in [0.1, 0.15) is 18.4 Å². The molecule has 0 radical (unpaired) electrons. The summed E-state index contributed by atoms with van der Waals surface area (Å²) in [7, 11) is 0. The van der Waals surface area contributed by atoms with E-state index in [-0.39, 0.29) is 0 Å². The molecule has 1 aliphatic carbocycles. The molecule has 1 amide bonds. The second kappa shape index (κ2) is 6.66. The van der Waals surface area contributed by atoms with Gasteiger partial charge in [0.05, 0.1) is 0 Å². The number of hydrogen-bond acceptors (Lipinski definition) is 6. The number of amides is 1. The third-order valence-corrected chi connectivity index (χ3v) is 4.66. The summed E-state index contributed by atoms with van der Waals surface area (Å²) in [6, 6.07) is 7.79. The summed E-state index contributed by atoms with van der Waals surface area (Å²) >= 11 is 0. The molecule has 0 bridgehead atoms. The Balaban J connectivity index is 1.34. The number of piperazine rings is 1. The predicted molar refractivity (Wildman–Crippen MR) is 95.8 cm³/mol. The summed E-state index contributed by atoms with van der Waals surface area (Å²) in [5.74, 6) is 2.89. The van der Waals surface area contributed by atoms with Crippen molar-refractivity contribution in [3.63, 3.8) is 0 Å². The molecule has 1 saturated carbocycles. The van der Waals surface area contributed by atoms with Crippen LogP contribution in [-0.4, -0.2) is 52.2 Å². The molecule has 1 aliphatic heterocycles. The Morgan fingerprint density at radius 3 is 2.40 bits per heavy atom. The monoisotopic (exact) mass is 338 g/mol. The van der Waals surface area contributed by atoms with Crippen molar-refractivity contribution in [2.75, 3.05) is 36.4 Å². The molecule has 0 aromatic carbocycles. The Labute approximate surface area is 147 Å². The molecule has 3 heterocycles. The van der Waals surface area contributed by atoms with Gasteiger partial charge < -0.3 is 15.1 Å². The van der Waals surface area contributed by atoms with Gasteiger partial charge in [-0.05, 0) is 43.5 Å². The number of hydrogen-bond donors (Lipinski definition) is 1. The Kier molecular flexibility index (Phi) is 4.21. The number of pyridine rings is 1. The van der Waals surface area contributed by atoms with Gasteiger partial charge in [-0.1, -0.05) is 6.07 Å². The molecule has 4 rings (SSSR count). The molecule has 0 spiro atoms. The summed E-state index contributed by atoms with van der Waals surface area (Å²) < 4.78 is 0. The predicted octanol–water partition coefficient (Wildman–Crippen LogP) is 1.98. The van der Waals surface area contributed by atoms with Crippen LogP contribution in [0.4, 0.5) is 17.5 Å². The van der Waals surface area contributed by atoms with Gasteiger partial charge in [-0.3, -0.25) is 4.79 Å². The highest BCUT2D eigenvalue weighted by Crippen LogP contribution is 2.31. The van der Waals surface area contributed by atoms with Gasteiger partial charge in [-0.25, -0.2) is 4.98 Å². The maximum Gasteiger partial charge on any atom is 0.225 e. The fourth-order valence-corrected chi connectivity index (χ4v) is 2.98. The molecule has 25 heavy (non-hydrogen) atoms.